The Hall–Kier alpha value is 0.130. The molecule has 1 aliphatic rings. The molecule has 0 amide bonds. The van der Waals surface area contributed by atoms with Crippen LogP contribution in [0.4, 0.5) is 0 Å². The quantitative estimate of drug-likeness (QED) is 0.538. The van der Waals surface area contributed by atoms with Crippen LogP contribution >= 0.6 is 0 Å². The molecule has 0 saturated heterocycles. The average Bonchev–Trinajstić information content (AvgIpc) is 2.24. The molecule has 5 heteroatoms. The van der Waals surface area contributed by atoms with Crippen LogP contribution in [0.5, 0.6) is 5.75 Å². The first-order valence-corrected chi connectivity index (χ1v) is 7.23. The number of rotatable bonds is 1. The standard InChI is InChI=1S/C14H20O3S.Na/c1-8-9(2)13(18(15)16)10(3)11-6-7-14(4,5)17-12(8)11;/h6-7H2,1-5H3,(H,15,16);/q;+1/p-1. The minimum Gasteiger partial charge on any atom is -0.768 e. The van der Waals surface area contributed by atoms with Gasteiger partial charge in [-0.2, -0.15) is 0 Å². The van der Waals surface area contributed by atoms with E-state index in [1.807, 2.05) is 20.8 Å². The second-order valence-electron chi connectivity index (χ2n) is 5.61. The van der Waals surface area contributed by atoms with E-state index in [1.165, 1.54) is 0 Å². The largest absolute Gasteiger partial charge is 1.00 e. The van der Waals surface area contributed by atoms with Crippen LogP contribution in [0.3, 0.4) is 0 Å². The molecule has 0 aliphatic carbocycles. The fraction of sp³-hybridized carbons (Fsp3) is 0.571. The first-order valence-electron chi connectivity index (χ1n) is 6.15. The molecule has 1 heterocycles. The molecule has 0 bridgehead atoms. The van der Waals surface area contributed by atoms with E-state index in [2.05, 4.69) is 13.8 Å². The minimum atomic E-state index is -2.19. The smallest absolute Gasteiger partial charge is 0.768 e. The predicted molar refractivity (Wildman–Crippen MR) is 70.9 cm³/mol. The van der Waals surface area contributed by atoms with Crippen LogP contribution in [0.15, 0.2) is 4.90 Å². The van der Waals surface area contributed by atoms with Crippen molar-refractivity contribution in [1.29, 1.82) is 0 Å². The summed E-state index contributed by atoms with van der Waals surface area (Å²) in [5, 5.41) is 0. The topological polar surface area (TPSA) is 49.4 Å². The number of benzene rings is 1. The molecule has 100 valence electrons. The van der Waals surface area contributed by atoms with Gasteiger partial charge in [-0.25, -0.2) is 0 Å². The van der Waals surface area contributed by atoms with Gasteiger partial charge in [-0.05, 0) is 80.8 Å². The summed E-state index contributed by atoms with van der Waals surface area (Å²) in [6.07, 6.45) is 1.79. The molecule has 1 aliphatic heterocycles. The van der Waals surface area contributed by atoms with Gasteiger partial charge in [0.25, 0.3) is 0 Å². The molecule has 0 radical (unpaired) electrons. The van der Waals surface area contributed by atoms with Crippen LogP contribution in [0.25, 0.3) is 0 Å². The summed E-state index contributed by atoms with van der Waals surface area (Å²) in [7, 11) is 0. The molecule has 0 aromatic heterocycles. The first kappa shape index (κ1) is 17.2. The van der Waals surface area contributed by atoms with E-state index in [9.17, 15) is 8.76 Å². The second kappa shape index (κ2) is 5.86. The van der Waals surface area contributed by atoms with Gasteiger partial charge in [0.2, 0.25) is 0 Å². The Balaban J connectivity index is 0.00000180. The summed E-state index contributed by atoms with van der Waals surface area (Å²) in [5.41, 5.74) is 3.47. The minimum absolute atomic E-state index is 0. The van der Waals surface area contributed by atoms with E-state index in [-0.39, 0.29) is 35.2 Å². The Morgan fingerprint density at radius 2 is 1.74 bits per heavy atom. The molecule has 0 fully saturated rings. The monoisotopic (exact) mass is 290 g/mol. The molecule has 0 spiro atoms. The molecule has 0 N–H and O–H groups in total. The Morgan fingerprint density at radius 1 is 1.16 bits per heavy atom. The van der Waals surface area contributed by atoms with Gasteiger partial charge in [0.1, 0.15) is 11.4 Å². The van der Waals surface area contributed by atoms with Gasteiger partial charge in [-0.3, -0.25) is 4.21 Å². The Kier molecular flexibility index (Phi) is 5.30. The number of fused-ring (bicyclic) bond motifs is 1. The number of ether oxygens (including phenoxy) is 1. The molecule has 19 heavy (non-hydrogen) atoms. The van der Waals surface area contributed by atoms with E-state index in [1.54, 1.807) is 0 Å². The van der Waals surface area contributed by atoms with Crippen molar-refractivity contribution in [2.24, 2.45) is 0 Å². The van der Waals surface area contributed by atoms with Gasteiger partial charge in [-0.15, -0.1) is 0 Å². The maximum atomic E-state index is 11.4. The van der Waals surface area contributed by atoms with Crippen molar-refractivity contribution in [2.75, 3.05) is 0 Å². The van der Waals surface area contributed by atoms with E-state index in [0.717, 1.165) is 40.8 Å². The summed E-state index contributed by atoms with van der Waals surface area (Å²) in [6.45, 7) is 9.79. The fourth-order valence-corrected chi connectivity index (χ4v) is 3.37. The Morgan fingerprint density at radius 3 is 2.26 bits per heavy atom. The van der Waals surface area contributed by atoms with E-state index < -0.39 is 11.1 Å². The number of hydrogen-bond acceptors (Lipinski definition) is 3. The third-order valence-electron chi connectivity index (χ3n) is 3.83. The van der Waals surface area contributed by atoms with Gasteiger partial charge in [0, 0.05) is 4.90 Å². The molecular formula is C14H19NaO3S. The van der Waals surface area contributed by atoms with E-state index in [0.29, 0.717) is 4.90 Å². The summed E-state index contributed by atoms with van der Waals surface area (Å²) in [5.74, 6) is 0.885. The zero-order valence-corrected chi connectivity index (χ0v) is 15.4. The van der Waals surface area contributed by atoms with Crippen molar-refractivity contribution in [2.45, 2.75) is 58.0 Å². The third-order valence-corrected chi connectivity index (χ3v) is 4.78. The predicted octanol–water partition coefficient (Wildman–Crippen LogP) is -0.0425. The summed E-state index contributed by atoms with van der Waals surface area (Å²) in [4.78, 5) is 0.439. The molecule has 1 aromatic carbocycles. The average molecular weight is 290 g/mol. The molecule has 1 unspecified atom stereocenters. The van der Waals surface area contributed by atoms with Gasteiger partial charge in [-0.1, -0.05) is 0 Å². The van der Waals surface area contributed by atoms with Gasteiger partial charge < -0.3 is 9.29 Å². The molecule has 3 nitrogen and oxygen atoms in total. The van der Waals surface area contributed by atoms with Gasteiger partial charge in [0.05, 0.1) is 0 Å². The van der Waals surface area contributed by atoms with Crippen LogP contribution in [0.2, 0.25) is 0 Å². The van der Waals surface area contributed by atoms with Crippen molar-refractivity contribution >= 4 is 11.1 Å². The summed E-state index contributed by atoms with van der Waals surface area (Å²) < 4.78 is 28.8. The van der Waals surface area contributed by atoms with Crippen molar-refractivity contribution in [1.82, 2.24) is 0 Å². The van der Waals surface area contributed by atoms with Gasteiger partial charge >= 0.3 is 29.6 Å². The molecule has 0 saturated carbocycles. The van der Waals surface area contributed by atoms with Crippen molar-refractivity contribution < 1.29 is 43.1 Å². The van der Waals surface area contributed by atoms with Crippen LogP contribution in [0, 0.1) is 20.8 Å². The van der Waals surface area contributed by atoms with Gasteiger partial charge in [0.15, 0.2) is 0 Å². The second-order valence-corrected chi connectivity index (χ2v) is 6.49. The van der Waals surface area contributed by atoms with Crippen molar-refractivity contribution in [3.8, 4) is 5.75 Å². The van der Waals surface area contributed by atoms with Crippen LogP contribution < -0.4 is 34.3 Å². The molecule has 1 aromatic rings. The Bertz CT molecular complexity index is 538. The van der Waals surface area contributed by atoms with E-state index in [4.69, 9.17) is 4.74 Å². The van der Waals surface area contributed by atoms with Crippen molar-refractivity contribution in [3.63, 3.8) is 0 Å². The van der Waals surface area contributed by atoms with E-state index >= 15 is 0 Å². The fourth-order valence-electron chi connectivity index (χ4n) is 2.60. The van der Waals surface area contributed by atoms with Crippen LogP contribution in [-0.4, -0.2) is 14.4 Å². The Labute approximate surface area is 139 Å². The number of hydrogen-bond donors (Lipinski definition) is 0. The zero-order chi connectivity index (χ0) is 13.7. The van der Waals surface area contributed by atoms with Crippen LogP contribution in [-0.2, 0) is 17.5 Å². The van der Waals surface area contributed by atoms with Crippen molar-refractivity contribution in [3.05, 3.63) is 22.3 Å². The van der Waals surface area contributed by atoms with Crippen LogP contribution in [0.1, 0.15) is 42.5 Å². The first-order chi connectivity index (χ1) is 8.24. The summed E-state index contributed by atoms with van der Waals surface area (Å²) >= 11 is -2.19. The SMILES string of the molecule is Cc1c(C)c(S(=O)[O-])c(C)c2c1OC(C)(C)CC2.[Na+]. The molecular weight excluding hydrogens is 271 g/mol. The maximum Gasteiger partial charge on any atom is 1.00 e. The molecule has 2 rings (SSSR count). The molecule has 1 atom stereocenters. The summed E-state index contributed by atoms with van der Waals surface area (Å²) in [6, 6.07) is 0. The third kappa shape index (κ3) is 3.08. The normalized spacial score (nSPS) is 18.0. The zero-order valence-electron chi connectivity index (χ0n) is 12.5. The maximum absolute atomic E-state index is 11.4.